The van der Waals surface area contributed by atoms with Crippen LogP contribution in [0.5, 0.6) is 0 Å². The second-order valence-corrected chi connectivity index (χ2v) is 8.69. The number of rotatable bonds is 6. The fourth-order valence-corrected chi connectivity index (χ4v) is 4.76. The summed E-state index contributed by atoms with van der Waals surface area (Å²) in [6, 6.07) is 0. The van der Waals surface area contributed by atoms with Crippen LogP contribution in [-0.2, 0) is 16.4 Å². The minimum atomic E-state index is -4.64. The summed E-state index contributed by atoms with van der Waals surface area (Å²) in [4.78, 5) is 26.2. The van der Waals surface area contributed by atoms with Crippen LogP contribution in [0.25, 0.3) is 0 Å². The fraction of sp³-hybridized carbons (Fsp3) is 0.500. The molecule has 0 bridgehead atoms. The number of alkyl halides is 3. The zero-order valence-corrected chi connectivity index (χ0v) is 18.5. The maximum absolute atomic E-state index is 13.3. The predicted molar refractivity (Wildman–Crippen MR) is 125 cm³/mol. The standard InChI is InChI=1S/C16H13B6F3N6OS/c1-6-9(30-12-27-5-7(14(23,24)25)8(26-2)29-12)33-10(28-6)13(15(17,18)19)3-4-31(11(13)32)16(20,21)22/h5H,3-4H2,1-2H3,(H2,26,27,29,30). The monoisotopic (exact) mass is 460 g/mol. The maximum Gasteiger partial charge on any atom is 0.421 e. The topological polar surface area (TPSA) is 83.0 Å². The Kier molecular flexibility index (Phi) is 6.45. The Balaban J connectivity index is 2.01. The first-order chi connectivity index (χ1) is 15.0. The minimum absolute atomic E-state index is 0.0185. The number of hydrogen-bond donors (Lipinski definition) is 2. The SMILES string of the molecule is [B]C([B])([B])N1CCC(c2nc(C)c(Nc3ncc(C(F)(F)F)c(NC)n3)s2)(C([B])([B])[B])C1=O. The molecular weight excluding hydrogens is 446 g/mol. The van der Waals surface area contributed by atoms with Gasteiger partial charge in [-0.1, -0.05) is 16.6 Å². The molecule has 1 aliphatic heterocycles. The summed E-state index contributed by atoms with van der Waals surface area (Å²) < 4.78 is 39.3. The minimum Gasteiger partial charge on any atom is -0.372 e. The molecule has 0 aliphatic carbocycles. The number of aryl methyl sites for hydroxylation is 1. The first-order valence-electron chi connectivity index (χ1n) is 9.44. The summed E-state index contributed by atoms with van der Waals surface area (Å²) in [5.41, 5.74) is -2.36. The van der Waals surface area contributed by atoms with Crippen molar-refractivity contribution in [1.82, 2.24) is 19.9 Å². The predicted octanol–water partition coefficient (Wildman–Crippen LogP) is 0.212. The second-order valence-electron chi connectivity index (χ2n) is 7.69. The summed E-state index contributed by atoms with van der Waals surface area (Å²) in [5.74, 6) is -1.26. The van der Waals surface area contributed by atoms with E-state index in [-0.39, 0.29) is 23.9 Å². The first-order valence-corrected chi connectivity index (χ1v) is 10.3. The Bertz CT molecular complexity index is 1070. The quantitative estimate of drug-likeness (QED) is 0.602. The van der Waals surface area contributed by atoms with Gasteiger partial charge in [0, 0.05) is 19.8 Å². The molecule has 2 aromatic heterocycles. The molecular formula is C16H13B6F3N6OS. The van der Waals surface area contributed by atoms with E-state index in [1.54, 1.807) is 6.92 Å². The van der Waals surface area contributed by atoms with Gasteiger partial charge in [0.05, 0.1) is 58.2 Å². The molecule has 158 valence electrons. The Morgan fingerprint density at radius 2 is 1.79 bits per heavy atom. The number of amides is 1. The molecule has 2 N–H and O–H groups in total. The van der Waals surface area contributed by atoms with E-state index < -0.39 is 39.2 Å². The van der Waals surface area contributed by atoms with E-state index in [9.17, 15) is 18.0 Å². The molecule has 17 heteroatoms. The number of anilines is 3. The first kappa shape index (κ1) is 25.6. The summed E-state index contributed by atoms with van der Waals surface area (Å²) in [7, 11) is 36.4. The van der Waals surface area contributed by atoms with Crippen LogP contribution in [-0.4, -0.2) is 91.7 Å². The molecule has 33 heavy (non-hydrogen) atoms. The van der Waals surface area contributed by atoms with Crippen molar-refractivity contribution in [3.05, 3.63) is 22.5 Å². The number of thiazole rings is 1. The average Bonchev–Trinajstić information content (AvgIpc) is 3.21. The van der Waals surface area contributed by atoms with Crippen LogP contribution in [0.3, 0.4) is 0 Å². The molecule has 1 unspecified atom stereocenters. The van der Waals surface area contributed by atoms with Crippen molar-refractivity contribution >= 4 is 81.1 Å². The van der Waals surface area contributed by atoms with Gasteiger partial charge in [0.15, 0.2) is 0 Å². The Labute approximate surface area is 200 Å². The maximum atomic E-state index is 13.3. The zero-order valence-electron chi connectivity index (χ0n) is 17.7. The molecule has 1 amide bonds. The van der Waals surface area contributed by atoms with E-state index in [2.05, 4.69) is 25.6 Å². The highest BCUT2D eigenvalue weighted by molar-refractivity contribution is 7.16. The Morgan fingerprint density at radius 3 is 2.27 bits per heavy atom. The van der Waals surface area contributed by atoms with E-state index in [4.69, 9.17) is 47.1 Å². The fourth-order valence-electron chi connectivity index (χ4n) is 3.51. The number of likely N-dealkylation sites (tertiary alicyclic amines) is 1. The van der Waals surface area contributed by atoms with Gasteiger partial charge >= 0.3 is 6.18 Å². The molecule has 0 spiro atoms. The summed E-state index contributed by atoms with van der Waals surface area (Å²) in [6.07, 6.45) is -3.97. The second kappa shape index (κ2) is 8.32. The van der Waals surface area contributed by atoms with Crippen LogP contribution in [0.4, 0.5) is 29.9 Å². The number of hydrogen-bond acceptors (Lipinski definition) is 7. The smallest absolute Gasteiger partial charge is 0.372 e. The van der Waals surface area contributed by atoms with Gasteiger partial charge in [-0.05, 0) is 13.3 Å². The highest BCUT2D eigenvalue weighted by Gasteiger charge is 2.57. The van der Waals surface area contributed by atoms with Crippen molar-refractivity contribution in [3.8, 4) is 0 Å². The number of halogens is 3. The number of carbonyl (C=O) groups excluding carboxylic acids is 1. The van der Waals surface area contributed by atoms with Crippen LogP contribution in [0.2, 0.25) is 5.11 Å². The third-order valence-electron chi connectivity index (χ3n) is 5.25. The average molecular weight is 459 g/mol. The molecule has 0 saturated carbocycles. The van der Waals surface area contributed by atoms with Crippen LogP contribution >= 0.6 is 11.3 Å². The van der Waals surface area contributed by atoms with Gasteiger partial charge in [-0.2, -0.15) is 18.2 Å². The lowest BCUT2D eigenvalue weighted by atomic mass is 9.32. The molecule has 1 aliphatic rings. The third kappa shape index (κ3) is 4.52. The van der Waals surface area contributed by atoms with Crippen molar-refractivity contribution in [2.24, 2.45) is 0 Å². The highest BCUT2D eigenvalue weighted by atomic mass is 32.1. The molecule has 7 nitrogen and oxygen atoms in total. The molecule has 1 fully saturated rings. The van der Waals surface area contributed by atoms with E-state index >= 15 is 0 Å². The third-order valence-corrected chi connectivity index (χ3v) is 6.48. The number of nitrogens with one attached hydrogen (secondary N) is 2. The summed E-state index contributed by atoms with van der Waals surface area (Å²) >= 11 is 0.962. The highest BCUT2D eigenvalue weighted by Crippen LogP contribution is 2.51. The van der Waals surface area contributed by atoms with Gasteiger partial charge in [0.1, 0.15) is 21.4 Å². The number of carbonyl (C=O) groups is 1. The molecule has 3 heterocycles. The van der Waals surface area contributed by atoms with E-state index in [1.165, 1.54) is 7.05 Å². The van der Waals surface area contributed by atoms with Crippen LogP contribution in [0.15, 0.2) is 6.20 Å². The molecule has 1 saturated heterocycles. The lowest BCUT2D eigenvalue weighted by molar-refractivity contribution is -0.137. The summed E-state index contributed by atoms with van der Waals surface area (Å²) in [5, 5.41) is 1.63. The van der Waals surface area contributed by atoms with Gasteiger partial charge in [-0.15, -0.1) is 5.11 Å². The molecule has 0 aromatic carbocycles. The van der Waals surface area contributed by atoms with Gasteiger partial charge in [-0.25, -0.2) is 9.97 Å². The van der Waals surface area contributed by atoms with Crippen molar-refractivity contribution in [3.63, 3.8) is 0 Å². The Morgan fingerprint density at radius 1 is 1.15 bits per heavy atom. The number of nitrogens with zero attached hydrogens (tertiary/aromatic N) is 4. The lowest BCUT2D eigenvalue weighted by Gasteiger charge is -2.42. The van der Waals surface area contributed by atoms with E-state index in [0.29, 0.717) is 16.9 Å². The molecule has 3 rings (SSSR count). The van der Waals surface area contributed by atoms with Crippen LogP contribution in [0, 0.1) is 6.92 Å². The Hall–Kier alpha value is -2.04. The van der Waals surface area contributed by atoms with Gasteiger partial charge in [0.2, 0.25) is 11.9 Å². The summed E-state index contributed by atoms with van der Waals surface area (Å²) in [6.45, 7) is 1.62. The largest absolute Gasteiger partial charge is 0.421 e. The van der Waals surface area contributed by atoms with Gasteiger partial charge in [0.25, 0.3) is 0 Å². The van der Waals surface area contributed by atoms with Crippen molar-refractivity contribution in [2.45, 2.75) is 35.3 Å². The van der Waals surface area contributed by atoms with Crippen molar-refractivity contribution in [1.29, 1.82) is 0 Å². The van der Waals surface area contributed by atoms with Gasteiger partial charge in [-0.3, -0.25) is 4.79 Å². The van der Waals surface area contributed by atoms with Gasteiger partial charge < -0.3 is 15.5 Å². The van der Waals surface area contributed by atoms with E-state index in [0.717, 1.165) is 16.2 Å². The zero-order chi connectivity index (χ0) is 25.0. The van der Waals surface area contributed by atoms with Crippen molar-refractivity contribution in [2.75, 3.05) is 24.2 Å². The normalized spacial score (nSPS) is 19.7. The van der Waals surface area contributed by atoms with Crippen molar-refractivity contribution < 1.29 is 18.0 Å². The lowest BCUT2D eigenvalue weighted by Crippen LogP contribution is -2.56. The number of aromatic nitrogens is 3. The van der Waals surface area contributed by atoms with Crippen LogP contribution < -0.4 is 10.6 Å². The van der Waals surface area contributed by atoms with E-state index in [1.807, 2.05) is 0 Å². The van der Waals surface area contributed by atoms with Crippen LogP contribution in [0.1, 0.15) is 22.7 Å². The molecule has 12 radical (unpaired) electrons. The molecule has 1 atom stereocenters. The molecule has 2 aromatic rings.